The van der Waals surface area contributed by atoms with Crippen LogP contribution >= 0.6 is 22.9 Å². The zero-order chi connectivity index (χ0) is 15.4. The smallest absolute Gasteiger partial charge is 0.271 e. The predicted octanol–water partition coefficient (Wildman–Crippen LogP) is 3.96. The number of aromatic nitrogens is 1. The summed E-state index contributed by atoms with van der Waals surface area (Å²) in [6.45, 7) is 0. The van der Waals surface area contributed by atoms with Gasteiger partial charge < -0.3 is 4.57 Å². The first-order chi connectivity index (χ1) is 10.7. The molecule has 3 rings (SSSR count). The largest absolute Gasteiger partial charge is 0.324 e. The number of rotatable bonds is 4. The monoisotopic (exact) mass is 329 g/mol. The van der Waals surface area contributed by atoms with E-state index in [-0.39, 0.29) is 5.91 Å². The van der Waals surface area contributed by atoms with Gasteiger partial charge in [0.05, 0.1) is 10.6 Å². The van der Waals surface area contributed by atoms with Gasteiger partial charge in [0.1, 0.15) is 0 Å². The fourth-order valence-corrected chi connectivity index (χ4v) is 2.84. The lowest BCUT2D eigenvalue weighted by Crippen LogP contribution is -2.17. The molecule has 1 N–H and O–H groups in total. The minimum Gasteiger partial charge on any atom is -0.324 e. The van der Waals surface area contributed by atoms with Crippen molar-refractivity contribution in [3.8, 4) is 5.69 Å². The van der Waals surface area contributed by atoms with Crippen LogP contribution < -0.4 is 5.43 Å². The normalized spacial score (nSPS) is 11.0. The summed E-state index contributed by atoms with van der Waals surface area (Å²) in [5, 5.41) is 3.93. The molecule has 22 heavy (non-hydrogen) atoms. The van der Waals surface area contributed by atoms with Crippen LogP contribution in [0.1, 0.15) is 15.2 Å². The van der Waals surface area contributed by atoms with Gasteiger partial charge >= 0.3 is 0 Å². The molecule has 110 valence electrons. The lowest BCUT2D eigenvalue weighted by molar-refractivity contribution is 0.0955. The van der Waals surface area contributed by atoms with Crippen molar-refractivity contribution in [2.75, 3.05) is 0 Å². The van der Waals surface area contributed by atoms with E-state index in [4.69, 9.17) is 11.6 Å². The molecule has 0 atom stereocenters. The van der Waals surface area contributed by atoms with Crippen LogP contribution in [0.5, 0.6) is 0 Å². The van der Waals surface area contributed by atoms with Crippen LogP contribution in [-0.2, 0) is 0 Å². The summed E-state index contributed by atoms with van der Waals surface area (Å²) in [4.78, 5) is 12.9. The third kappa shape index (κ3) is 3.44. The zero-order valence-corrected chi connectivity index (χ0v) is 13.0. The van der Waals surface area contributed by atoms with E-state index in [1.54, 1.807) is 24.4 Å². The summed E-state index contributed by atoms with van der Waals surface area (Å²) >= 11 is 7.22. The molecular formula is C16H12ClN3OS. The van der Waals surface area contributed by atoms with Crippen molar-refractivity contribution in [1.29, 1.82) is 0 Å². The van der Waals surface area contributed by atoms with Gasteiger partial charge in [-0.05, 0) is 48.5 Å². The van der Waals surface area contributed by atoms with Gasteiger partial charge in [0.2, 0.25) is 0 Å². The van der Waals surface area contributed by atoms with Gasteiger partial charge in [-0.3, -0.25) is 4.79 Å². The van der Waals surface area contributed by atoms with Gasteiger partial charge in [-0.1, -0.05) is 11.6 Å². The Bertz CT molecular complexity index is 791. The van der Waals surface area contributed by atoms with Crippen molar-refractivity contribution >= 4 is 35.1 Å². The molecule has 2 aromatic heterocycles. The third-order valence-corrected chi connectivity index (χ3v) is 4.15. The number of benzene rings is 1. The summed E-state index contributed by atoms with van der Waals surface area (Å²) in [7, 11) is 0. The van der Waals surface area contributed by atoms with Crippen molar-refractivity contribution in [1.82, 2.24) is 9.99 Å². The number of hydrogen-bond donors (Lipinski definition) is 1. The summed E-state index contributed by atoms with van der Waals surface area (Å²) in [6, 6.07) is 14.8. The van der Waals surface area contributed by atoms with E-state index in [0.717, 1.165) is 10.6 Å². The molecule has 0 fully saturated rings. The molecule has 2 heterocycles. The number of hydrogen-bond acceptors (Lipinski definition) is 3. The van der Waals surface area contributed by atoms with Gasteiger partial charge in [0.15, 0.2) is 0 Å². The Morgan fingerprint density at radius 2 is 1.86 bits per heavy atom. The second-order valence-electron chi connectivity index (χ2n) is 4.48. The minimum absolute atomic E-state index is 0.252. The summed E-state index contributed by atoms with van der Waals surface area (Å²) in [5.41, 5.74) is 4.05. The van der Waals surface area contributed by atoms with Crippen molar-refractivity contribution in [2.45, 2.75) is 0 Å². The van der Waals surface area contributed by atoms with E-state index in [1.165, 1.54) is 11.3 Å². The van der Waals surface area contributed by atoms with Crippen LogP contribution in [-0.4, -0.2) is 16.7 Å². The molecule has 0 unspecified atom stereocenters. The Morgan fingerprint density at radius 3 is 2.50 bits per heavy atom. The highest BCUT2D eigenvalue weighted by Gasteiger charge is 2.04. The van der Waals surface area contributed by atoms with Crippen LogP contribution in [0, 0.1) is 0 Å². The van der Waals surface area contributed by atoms with Gasteiger partial charge in [-0.2, -0.15) is 5.10 Å². The van der Waals surface area contributed by atoms with E-state index in [9.17, 15) is 4.79 Å². The molecule has 0 spiro atoms. The number of carbonyl (C=O) groups excluding carboxylic acids is 1. The van der Waals surface area contributed by atoms with Gasteiger partial charge in [-0.25, -0.2) is 5.43 Å². The maximum Gasteiger partial charge on any atom is 0.271 e. The van der Waals surface area contributed by atoms with E-state index in [1.807, 2.05) is 47.3 Å². The van der Waals surface area contributed by atoms with Crippen molar-refractivity contribution in [3.05, 3.63) is 75.7 Å². The molecule has 1 aromatic carbocycles. The average Bonchev–Trinajstić information content (AvgIpc) is 3.19. The maximum absolute atomic E-state index is 12.0. The first-order valence-corrected chi connectivity index (χ1v) is 7.74. The zero-order valence-electron chi connectivity index (χ0n) is 11.4. The highest BCUT2D eigenvalue weighted by Crippen LogP contribution is 2.19. The summed E-state index contributed by atoms with van der Waals surface area (Å²) < 4.78 is 2.66. The van der Waals surface area contributed by atoms with Crippen LogP contribution in [0.4, 0.5) is 0 Å². The predicted molar refractivity (Wildman–Crippen MR) is 90.2 cm³/mol. The lowest BCUT2D eigenvalue weighted by atomic mass is 10.2. The summed E-state index contributed by atoms with van der Waals surface area (Å²) in [5.74, 6) is -0.252. The van der Waals surface area contributed by atoms with Crippen LogP contribution in [0.2, 0.25) is 4.34 Å². The highest BCUT2D eigenvalue weighted by atomic mass is 35.5. The second-order valence-corrected chi connectivity index (χ2v) is 6.22. The van der Waals surface area contributed by atoms with Crippen LogP contribution in [0.3, 0.4) is 0 Å². The molecule has 0 saturated heterocycles. The quantitative estimate of drug-likeness (QED) is 0.571. The lowest BCUT2D eigenvalue weighted by Gasteiger charge is -2.04. The Hall–Kier alpha value is -2.37. The van der Waals surface area contributed by atoms with E-state index in [0.29, 0.717) is 9.90 Å². The van der Waals surface area contributed by atoms with Gasteiger partial charge in [0.25, 0.3) is 5.91 Å². The molecule has 0 aliphatic heterocycles. The standard InChI is InChI=1S/C16H12ClN3OS/c17-15-8-7-14(22-15)11-18-19-16(21)12-3-5-13(6-4-12)20-9-1-2-10-20/h1-11H,(H,19,21)/b18-11+. The Kier molecular flexibility index (Phi) is 4.37. The molecule has 3 aromatic rings. The van der Waals surface area contributed by atoms with Gasteiger partial charge in [-0.15, -0.1) is 11.3 Å². The van der Waals surface area contributed by atoms with E-state index >= 15 is 0 Å². The molecule has 0 radical (unpaired) electrons. The maximum atomic E-state index is 12.0. The SMILES string of the molecule is O=C(N/N=C/c1ccc(Cl)s1)c1ccc(-n2cccc2)cc1. The molecule has 0 aliphatic rings. The van der Waals surface area contributed by atoms with Crippen molar-refractivity contribution in [2.24, 2.45) is 5.10 Å². The van der Waals surface area contributed by atoms with Crippen LogP contribution in [0.25, 0.3) is 5.69 Å². The Labute approximate surface area is 136 Å². The molecule has 4 nitrogen and oxygen atoms in total. The molecule has 0 bridgehead atoms. The fraction of sp³-hybridized carbons (Fsp3) is 0. The Balaban J connectivity index is 1.64. The second kappa shape index (κ2) is 6.60. The molecule has 0 saturated carbocycles. The molecule has 6 heteroatoms. The molecule has 1 amide bonds. The number of amides is 1. The summed E-state index contributed by atoms with van der Waals surface area (Å²) in [6.07, 6.45) is 5.47. The van der Waals surface area contributed by atoms with Crippen molar-refractivity contribution in [3.63, 3.8) is 0 Å². The van der Waals surface area contributed by atoms with Crippen molar-refractivity contribution < 1.29 is 4.79 Å². The first-order valence-electron chi connectivity index (χ1n) is 6.54. The number of nitrogens with one attached hydrogen (secondary N) is 1. The molecular weight excluding hydrogens is 318 g/mol. The first kappa shape index (κ1) is 14.6. The van der Waals surface area contributed by atoms with E-state index in [2.05, 4.69) is 10.5 Å². The number of carbonyl (C=O) groups is 1. The van der Waals surface area contributed by atoms with Gasteiger partial charge in [0, 0.05) is 28.5 Å². The number of hydrazone groups is 1. The van der Waals surface area contributed by atoms with E-state index < -0.39 is 0 Å². The average molecular weight is 330 g/mol. The Morgan fingerprint density at radius 1 is 1.14 bits per heavy atom. The number of halogens is 1. The molecule has 0 aliphatic carbocycles. The highest BCUT2D eigenvalue weighted by molar-refractivity contribution is 7.17. The number of thiophene rings is 1. The topological polar surface area (TPSA) is 46.4 Å². The number of nitrogens with zero attached hydrogens (tertiary/aromatic N) is 2. The fourth-order valence-electron chi connectivity index (χ4n) is 1.91. The minimum atomic E-state index is -0.252. The van der Waals surface area contributed by atoms with Crippen LogP contribution in [0.15, 0.2) is 66.0 Å². The third-order valence-electron chi connectivity index (χ3n) is 2.98.